The fourth-order valence-electron chi connectivity index (χ4n) is 1.43. The second-order valence-electron chi connectivity index (χ2n) is 3.86. The van der Waals surface area contributed by atoms with Gasteiger partial charge in [0.05, 0.1) is 19.3 Å². The Morgan fingerprint density at radius 1 is 1.25 bits per heavy atom. The molecule has 0 atom stereocenters. The summed E-state index contributed by atoms with van der Waals surface area (Å²) in [7, 11) is 0. The number of nitrogens with two attached hydrogens (primary N) is 3. The summed E-state index contributed by atoms with van der Waals surface area (Å²) in [4.78, 5) is 22.5. The van der Waals surface area contributed by atoms with Crippen LogP contribution in [0.5, 0.6) is 0 Å². The smallest absolute Gasteiger partial charge is 0.234 e. The molecule has 0 aliphatic rings. The number of nitrogen functional groups attached to an aromatic ring is 2. The minimum absolute atomic E-state index is 0.0445. The average Bonchev–Trinajstić information content (AvgIpc) is 2.82. The molecule has 1 amide bonds. The van der Waals surface area contributed by atoms with Crippen molar-refractivity contribution in [1.29, 1.82) is 0 Å². The van der Waals surface area contributed by atoms with Crippen molar-refractivity contribution in [2.24, 2.45) is 5.73 Å². The van der Waals surface area contributed by atoms with E-state index in [0.29, 0.717) is 11.5 Å². The number of anilines is 2. The predicted octanol–water partition coefficient (Wildman–Crippen LogP) is -2.75. The monoisotopic (exact) mass is 278 g/mol. The SMILES string of the molecule is NCC(=O)NCc1cn(Cc2nc(N)nc(N)n2)nn1. The van der Waals surface area contributed by atoms with Crippen molar-refractivity contribution in [3.8, 4) is 0 Å². The van der Waals surface area contributed by atoms with E-state index in [0.717, 1.165) is 0 Å². The van der Waals surface area contributed by atoms with Gasteiger partial charge in [-0.2, -0.15) is 15.0 Å². The molecule has 20 heavy (non-hydrogen) atoms. The van der Waals surface area contributed by atoms with Gasteiger partial charge >= 0.3 is 0 Å². The zero-order valence-electron chi connectivity index (χ0n) is 10.5. The molecule has 2 rings (SSSR count). The third kappa shape index (κ3) is 3.58. The lowest BCUT2D eigenvalue weighted by Gasteiger charge is -2.01. The number of aromatic nitrogens is 6. The van der Waals surface area contributed by atoms with E-state index in [1.807, 2.05) is 0 Å². The average molecular weight is 278 g/mol. The molecular weight excluding hydrogens is 264 g/mol. The molecule has 106 valence electrons. The van der Waals surface area contributed by atoms with Crippen molar-refractivity contribution >= 4 is 17.8 Å². The van der Waals surface area contributed by atoms with Crippen LogP contribution in [-0.4, -0.2) is 42.4 Å². The molecule has 2 aromatic rings. The van der Waals surface area contributed by atoms with Crippen LogP contribution in [0.25, 0.3) is 0 Å². The molecule has 0 radical (unpaired) electrons. The number of amides is 1. The van der Waals surface area contributed by atoms with Crippen molar-refractivity contribution < 1.29 is 4.79 Å². The molecule has 11 nitrogen and oxygen atoms in total. The van der Waals surface area contributed by atoms with Crippen molar-refractivity contribution in [3.05, 3.63) is 17.7 Å². The Labute approximate surface area is 113 Å². The van der Waals surface area contributed by atoms with Gasteiger partial charge in [-0.05, 0) is 0 Å². The molecule has 7 N–H and O–H groups in total. The molecule has 0 fully saturated rings. The number of carbonyl (C=O) groups excluding carboxylic acids is 1. The normalized spacial score (nSPS) is 10.4. The topological polar surface area (TPSA) is 177 Å². The highest BCUT2D eigenvalue weighted by Gasteiger charge is 2.06. The summed E-state index contributed by atoms with van der Waals surface area (Å²) in [6.07, 6.45) is 1.65. The second kappa shape index (κ2) is 5.88. The van der Waals surface area contributed by atoms with E-state index in [9.17, 15) is 4.79 Å². The largest absolute Gasteiger partial charge is 0.368 e. The van der Waals surface area contributed by atoms with E-state index in [-0.39, 0.29) is 37.4 Å². The summed E-state index contributed by atoms with van der Waals surface area (Å²) in [5.41, 5.74) is 16.7. The molecule has 0 aliphatic heterocycles. The molecule has 0 spiro atoms. The van der Waals surface area contributed by atoms with Gasteiger partial charge in [-0.15, -0.1) is 5.10 Å². The Bertz CT molecular complexity index is 588. The molecule has 0 saturated carbocycles. The van der Waals surface area contributed by atoms with E-state index >= 15 is 0 Å². The molecule has 2 aromatic heterocycles. The second-order valence-corrected chi connectivity index (χ2v) is 3.86. The molecular formula is C9H14N10O. The van der Waals surface area contributed by atoms with Crippen LogP contribution in [0.1, 0.15) is 11.5 Å². The van der Waals surface area contributed by atoms with E-state index in [4.69, 9.17) is 17.2 Å². The van der Waals surface area contributed by atoms with E-state index in [2.05, 4.69) is 30.6 Å². The molecule has 0 aromatic carbocycles. The lowest BCUT2D eigenvalue weighted by molar-refractivity contribution is -0.119. The summed E-state index contributed by atoms with van der Waals surface area (Å²) >= 11 is 0. The Balaban J connectivity index is 2.00. The standard InChI is InChI=1S/C9H14N10O/c10-1-7(20)13-2-5-3-19(18-17-5)4-6-14-8(11)16-9(12)15-6/h3H,1-2,4,10H2,(H,13,20)(H4,11,12,14,15,16). The Hall–Kier alpha value is -2.82. The van der Waals surface area contributed by atoms with Crippen LogP contribution in [0.2, 0.25) is 0 Å². The third-order valence-corrected chi connectivity index (χ3v) is 2.26. The number of nitrogens with zero attached hydrogens (tertiary/aromatic N) is 6. The van der Waals surface area contributed by atoms with Gasteiger partial charge in [0.2, 0.25) is 17.8 Å². The number of rotatable bonds is 5. The van der Waals surface area contributed by atoms with Crippen LogP contribution in [0, 0.1) is 0 Å². The zero-order valence-corrected chi connectivity index (χ0v) is 10.5. The Morgan fingerprint density at radius 3 is 2.60 bits per heavy atom. The van der Waals surface area contributed by atoms with Crippen LogP contribution >= 0.6 is 0 Å². The van der Waals surface area contributed by atoms with Gasteiger partial charge in [-0.25, -0.2) is 4.68 Å². The Morgan fingerprint density at radius 2 is 1.95 bits per heavy atom. The fourth-order valence-corrected chi connectivity index (χ4v) is 1.43. The van der Waals surface area contributed by atoms with Crippen LogP contribution in [0.15, 0.2) is 6.20 Å². The minimum atomic E-state index is -0.266. The minimum Gasteiger partial charge on any atom is -0.368 e. The molecule has 0 aliphatic carbocycles. The number of nitrogens with one attached hydrogen (secondary N) is 1. The summed E-state index contributed by atoms with van der Waals surface area (Å²) < 4.78 is 1.50. The molecule has 2 heterocycles. The van der Waals surface area contributed by atoms with Gasteiger partial charge in [-0.3, -0.25) is 4.79 Å². The first kappa shape index (κ1) is 13.6. The van der Waals surface area contributed by atoms with Crippen molar-refractivity contribution in [3.63, 3.8) is 0 Å². The fraction of sp³-hybridized carbons (Fsp3) is 0.333. The van der Waals surface area contributed by atoms with Gasteiger partial charge in [0, 0.05) is 0 Å². The maximum Gasteiger partial charge on any atom is 0.234 e. The Kier molecular flexibility index (Phi) is 4.00. The summed E-state index contributed by atoms with van der Waals surface area (Å²) in [5.74, 6) is 0.195. The molecule has 11 heteroatoms. The van der Waals surface area contributed by atoms with Crippen molar-refractivity contribution in [2.75, 3.05) is 18.0 Å². The summed E-state index contributed by atoms with van der Waals surface area (Å²) in [6.45, 7) is 0.420. The first-order valence-electron chi connectivity index (χ1n) is 5.68. The first-order chi connectivity index (χ1) is 9.56. The van der Waals surface area contributed by atoms with Crippen LogP contribution in [0.3, 0.4) is 0 Å². The number of carbonyl (C=O) groups is 1. The predicted molar refractivity (Wildman–Crippen MR) is 68.7 cm³/mol. The number of hydrogen-bond acceptors (Lipinski definition) is 9. The molecule has 0 unspecified atom stereocenters. The lowest BCUT2D eigenvalue weighted by atomic mass is 10.4. The zero-order chi connectivity index (χ0) is 14.5. The molecule has 0 saturated heterocycles. The van der Waals surface area contributed by atoms with E-state index in [1.54, 1.807) is 6.20 Å². The van der Waals surface area contributed by atoms with Crippen LogP contribution in [-0.2, 0) is 17.9 Å². The van der Waals surface area contributed by atoms with Gasteiger partial charge in [0.1, 0.15) is 12.2 Å². The summed E-state index contributed by atoms with van der Waals surface area (Å²) in [5, 5.41) is 10.3. The number of hydrogen-bond donors (Lipinski definition) is 4. The maximum absolute atomic E-state index is 11.0. The van der Waals surface area contributed by atoms with Crippen LogP contribution in [0.4, 0.5) is 11.9 Å². The summed E-state index contributed by atoms with van der Waals surface area (Å²) in [6, 6.07) is 0. The van der Waals surface area contributed by atoms with Crippen LogP contribution < -0.4 is 22.5 Å². The van der Waals surface area contributed by atoms with Gasteiger partial charge < -0.3 is 22.5 Å². The quantitative estimate of drug-likeness (QED) is 0.451. The van der Waals surface area contributed by atoms with Gasteiger partial charge in [0.15, 0.2) is 5.82 Å². The first-order valence-corrected chi connectivity index (χ1v) is 5.68. The van der Waals surface area contributed by atoms with Gasteiger partial charge in [0.25, 0.3) is 0 Å². The maximum atomic E-state index is 11.0. The highest BCUT2D eigenvalue weighted by Crippen LogP contribution is 2.01. The van der Waals surface area contributed by atoms with Crippen molar-refractivity contribution in [2.45, 2.75) is 13.1 Å². The van der Waals surface area contributed by atoms with E-state index in [1.165, 1.54) is 4.68 Å². The van der Waals surface area contributed by atoms with Crippen molar-refractivity contribution in [1.82, 2.24) is 35.3 Å². The third-order valence-electron chi connectivity index (χ3n) is 2.26. The highest BCUT2D eigenvalue weighted by atomic mass is 16.1. The molecule has 0 bridgehead atoms. The van der Waals surface area contributed by atoms with E-state index < -0.39 is 0 Å². The van der Waals surface area contributed by atoms with Gasteiger partial charge in [-0.1, -0.05) is 5.21 Å². The highest BCUT2D eigenvalue weighted by molar-refractivity contribution is 5.77. The lowest BCUT2D eigenvalue weighted by Crippen LogP contribution is -2.29.